The van der Waals surface area contributed by atoms with Gasteiger partial charge >= 0.3 is 0 Å². The van der Waals surface area contributed by atoms with E-state index in [0.717, 1.165) is 12.8 Å². The van der Waals surface area contributed by atoms with Crippen LogP contribution in [0.5, 0.6) is 0 Å². The van der Waals surface area contributed by atoms with Gasteiger partial charge in [0.15, 0.2) is 0 Å². The fourth-order valence-corrected chi connectivity index (χ4v) is 2.28. The lowest BCUT2D eigenvalue weighted by molar-refractivity contribution is 0.378. The smallest absolute Gasteiger partial charge is 0.0750 e. The molecule has 0 amide bonds. The normalized spacial score (nSPS) is 15.9. The molecule has 94 valence electrons. The second-order valence-electron chi connectivity index (χ2n) is 6.75. The molecule has 0 aromatic rings. The van der Waals surface area contributed by atoms with Gasteiger partial charge in [-0.05, 0) is 45.4 Å². The Hall–Kier alpha value is -0.480. The Bertz CT molecular complexity index is 235. The summed E-state index contributed by atoms with van der Waals surface area (Å²) in [5.74, 6) is 7.90. The molecule has 0 aromatic carbocycles. The summed E-state index contributed by atoms with van der Waals surface area (Å²) in [5.41, 5.74) is 5.91. The molecule has 0 rings (SSSR count). The van der Waals surface area contributed by atoms with Crippen LogP contribution < -0.4 is 5.73 Å². The van der Waals surface area contributed by atoms with Gasteiger partial charge in [-0.2, -0.15) is 0 Å². The van der Waals surface area contributed by atoms with Gasteiger partial charge in [-0.25, -0.2) is 0 Å². The summed E-state index contributed by atoms with van der Waals surface area (Å²) in [4.78, 5) is 0. The van der Waals surface area contributed by atoms with E-state index in [1.807, 2.05) is 6.92 Å². The maximum Gasteiger partial charge on any atom is 0.0750 e. The molecule has 0 spiro atoms. The Morgan fingerprint density at radius 1 is 0.875 bits per heavy atom. The maximum atomic E-state index is 6.18. The Morgan fingerprint density at radius 2 is 1.31 bits per heavy atom. The first kappa shape index (κ1) is 15.5. The second-order valence-corrected chi connectivity index (χ2v) is 6.75. The average molecular weight is 223 g/mol. The van der Waals surface area contributed by atoms with Crippen molar-refractivity contribution < 1.29 is 0 Å². The predicted molar refractivity (Wildman–Crippen MR) is 73.1 cm³/mol. The topological polar surface area (TPSA) is 26.0 Å². The van der Waals surface area contributed by atoms with Crippen LogP contribution in [0.2, 0.25) is 0 Å². The van der Waals surface area contributed by atoms with Gasteiger partial charge in [0, 0.05) is 5.41 Å². The molecule has 0 aliphatic carbocycles. The Labute approximate surface area is 102 Å². The van der Waals surface area contributed by atoms with Crippen LogP contribution in [0.25, 0.3) is 0 Å². The van der Waals surface area contributed by atoms with Crippen LogP contribution in [0, 0.1) is 29.1 Å². The highest BCUT2D eigenvalue weighted by Gasteiger charge is 2.20. The molecule has 1 heteroatoms. The van der Waals surface area contributed by atoms with Crippen molar-refractivity contribution in [2.24, 2.45) is 23.0 Å². The summed E-state index contributed by atoms with van der Waals surface area (Å²) in [5, 5.41) is 0. The number of hydrogen-bond acceptors (Lipinski definition) is 1. The van der Waals surface area contributed by atoms with Gasteiger partial charge in [0.1, 0.15) is 0 Å². The third-order valence-corrected chi connectivity index (χ3v) is 2.44. The molecule has 1 atom stereocenters. The predicted octanol–water partition coefficient (Wildman–Crippen LogP) is 3.83. The van der Waals surface area contributed by atoms with Crippen molar-refractivity contribution in [3.05, 3.63) is 0 Å². The SMILES string of the molecule is CC(C)CC(C)(C)C#CC(C)(N)CC(C)C. The van der Waals surface area contributed by atoms with Crippen molar-refractivity contribution in [1.82, 2.24) is 0 Å². The van der Waals surface area contributed by atoms with Gasteiger partial charge < -0.3 is 5.73 Å². The molecule has 0 radical (unpaired) electrons. The largest absolute Gasteiger partial charge is 0.315 e. The highest BCUT2D eigenvalue weighted by Crippen LogP contribution is 2.24. The first-order valence-electron chi connectivity index (χ1n) is 6.37. The molecule has 1 nitrogen and oxygen atoms in total. The molecular formula is C15H29N. The fourth-order valence-electron chi connectivity index (χ4n) is 2.28. The van der Waals surface area contributed by atoms with E-state index in [9.17, 15) is 0 Å². The van der Waals surface area contributed by atoms with Crippen LogP contribution in [0.1, 0.15) is 61.3 Å². The van der Waals surface area contributed by atoms with Crippen molar-refractivity contribution in [2.75, 3.05) is 0 Å². The minimum Gasteiger partial charge on any atom is -0.315 e. The summed E-state index contributed by atoms with van der Waals surface area (Å²) in [6.07, 6.45) is 2.08. The minimum atomic E-state index is -0.345. The molecule has 2 N–H and O–H groups in total. The molecule has 0 aliphatic heterocycles. The summed E-state index contributed by atoms with van der Waals surface area (Å²) in [6.45, 7) is 15.3. The average Bonchev–Trinajstić information content (AvgIpc) is 1.96. The van der Waals surface area contributed by atoms with Crippen molar-refractivity contribution in [2.45, 2.75) is 66.8 Å². The molecule has 16 heavy (non-hydrogen) atoms. The van der Waals surface area contributed by atoms with Gasteiger partial charge in [-0.1, -0.05) is 39.5 Å². The Balaban J connectivity index is 4.57. The number of rotatable bonds is 4. The first-order chi connectivity index (χ1) is 7.04. The lowest BCUT2D eigenvalue weighted by atomic mass is 9.83. The van der Waals surface area contributed by atoms with Gasteiger partial charge in [-0.15, -0.1) is 0 Å². The Morgan fingerprint density at radius 3 is 1.69 bits per heavy atom. The maximum absolute atomic E-state index is 6.18. The minimum absolute atomic E-state index is 0.0752. The van der Waals surface area contributed by atoms with E-state index in [2.05, 4.69) is 53.4 Å². The van der Waals surface area contributed by atoms with Crippen molar-refractivity contribution >= 4 is 0 Å². The molecular weight excluding hydrogens is 194 g/mol. The summed E-state index contributed by atoms with van der Waals surface area (Å²) < 4.78 is 0. The van der Waals surface area contributed by atoms with E-state index in [1.54, 1.807) is 0 Å². The zero-order valence-electron chi connectivity index (χ0n) is 12.1. The third-order valence-electron chi connectivity index (χ3n) is 2.44. The van der Waals surface area contributed by atoms with E-state index in [4.69, 9.17) is 5.73 Å². The number of hydrogen-bond donors (Lipinski definition) is 1. The van der Waals surface area contributed by atoms with Crippen LogP contribution in [-0.4, -0.2) is 5.54 Å². The van der Waals surface area contributed by atoms with Gasteiger partial charge in [0.05, 0.1) is 5.54 Å². The third kappa shape index (κ3) is 7.77. The highest BCUT2D eigenvalue weighted by atomic mass is 14.7. The van der Waals surface area contributed by atoms with Crippen molar-refractivity contribution in [1.29, 1.82) is 0 Å². The van der Waals surface area contributed by atoms with Crippen LogP contribution in [-0.2, 0) is 0 Å². The van der Waals surface area contributed by atoms with E-state index in [-0.39, 0.29) is 11.0 Å². The second kappa shape index (κ2) is 5.73. The molecule has 0 heterocycles. The lowest BCUT2D eigenvalue weighted by Crippen LogP contribution is -2.36. The highest BCUT2D eigenvalue weighted by molar-refractivity contribution is 5.19. The standard InChI is InChI=1S/C15H29N/c1-12(2)10-14(5,6)8-9-15(7,16)11-13(3)4/h12-13H,10-11,16H2,1-7H3. The van der Waals surface area contributed by atoms with Gasteiger partial charge in [0.2, 0.25) is 0 Å². The quantitative estimate of drug-likeness (QED) is 0.720. The van der Waals surface area contributed by atoms with E-state index >= 15 is 0 Å². The van der Waals surface area contributed by atoms with Crippen LogP contribution >= 0.6 is 0 Å². The zero-order chi connectivity index (χ0) is 13.0. The molecule has 0 aromatic heterocycles. The van der Waals surface area contributed by atoms with E-state index < -0.39 is 0 Å². The monoisotopic (exact) mass is 223 g/mol. The number of nitrogens with two attached hydrogens (primary N) is 1. The fraction of sp³-hybridized carbons (Fsp3) is 0.867. The molecule has 0 fully saturated rings. The van der Waals surface area contributed by atoms with Crippen molar-refractivity contribution in [3.8, 4) is 11.8 Å². The first-order valence-corrected chi connectivity index (χ1v) is 6.37. The van der Waals surface area contributed by atoms with Gasteiger partial charge in [0.25, 0.3) is 0 Å². The molecule has 0 saturated heterocycles. The van der Waals surface area contributed by atoms with E-state index in [0.29, 0.717) is 11.8 Å². The van der Waals surface area contributed by atoms with Crippen LogP contribution in [0.15, 0.2) is 0 Å². The van der Waals surface area contributed by atoms with Gasteiger partial charge in [-0.3, -0.25) is 0 Å². The molecule has 0 saturated carbocycles. The Kier molecular flexibility index (Phi) is 5.56. The summed E-state index contributed by atoms with van der Waals surface area (Å²) in [7, 11) is 0. The zero-order valence-corrected chi connectivity index (χ0v) is 12.1. The van der Waals surface area contributed by atoms with E-state index in [1.165, 1.54) is 0 Å². The summed E-state index contributed by atoms with van der Waals surface area (Å²) in [6, 6.07) is 0. The van der Waals surface area contributed by atoms with Crippen molar-refractivity contribution in [3.63, 3.8) is 0 Å². The van der Waals surface area contributed by atoms with Crippen LogP contribution in [0.3, 0.4) is 0 Å². The lowest BCUT2D eigenvalue weighted by Gasteiger charge is -2.23. The molecule has 1 unspecified atom stereocenters. The molecule has 0 aliphatic rings. The summed E-state index contributed by atoms with van der Waals surface area (Å²) >= 11 is 0. The molecule has 0 bridgehead atoms. The van der Waals surface area contributed by atoms with Crippen LogP contribution in [0.4, 0.5) is 0 Å².